The van der Waals surface area contributed by atoms with Crippen molar-refractivity contribution in [1.29, 1.82) is 0 Å². The molecule has 1 aliphatic carbocycles. The van der Waals surface area contributed by atoms with Gasteiger partial charge >= 0.3 is 11.7 Å². The first-order valence-electron chi connectivity index (χ1n) is 3.75. The molecule has 0 aromatic carbocycles. The maximum Gasteiger partial charge on any atom is 0.468 e. The van der Waals surface area contributed by atoms with E-state index >= 15 is 0 Å². The van der Waals surface area contributed by atoms with Gasteiger partial charge in [-0.25, -0.2) is 0 Å². The summed E-state index contributed by atoms with van der Waals surface area (Å²) < 4.78 is 37.5. The van der Waals surface area contributed by atoms with Crippen molar-refractivity contribution in [3.63, 3.8) is 0 Å². The molecule has 1 rings (SSSR count). The monoisotopic (exact) mass is 242 g/mol. The molecule has 0 saturated carbocycles. The van der Waals surface area contributed by atoms with Gasteiger partial charge in [0.25, 0.3) is 0 Å². The van der Waals surface area contributed by atoms with Crippen LogP contribution in [0.2, 0.25) is 0 Å². The standard InChI is InChI=1S/C7H6ClF3N2O2/c8-4-3-6(13(14)15,7(9,10)11)2-1-5(4)12/h1-3,5H,12H2. The van der Waals surface area contributed by atoms with E-state index in [-0.39, 0.29) is 0 Å². The van der Waals surface area contributed by atoms with Crippen LogP contribution in [0.15, 0.2) is 23.3 Å². The summed E-state index contributed by atoms with van der Waals surface area (Å²) in [6.45, 7) is 0. The summed E-state index contributed by atoms with van der Waals surface area (Å²) in [5.74, 6) is 0. The number of halogens is 4. The predicted octanol–water partition coefficient (Wildman–Crippen LogP) is 1.58. The second-order valence-corrected chi connectivity index (χ2v) is 3.43. The second-order valence-electron chi connectivity index (χ2n) is 2.99. The van der Waals surface area contributed by atoms with Crippen molar-refractivity contribution in [2.45, 2.75) is 17.8 Å². The summed E-state index contributed by atoms with van der Waals surface area (Å²) in [6.07, 6.45) is -3.46. The van der Waals surface area contributed by atoms with Crippen molar-refractivity contribution in [1.82, 2.24) is 0 Å². The molecule has 0 fully saturated rings. The minimum atomic E-state index is -5.05. The van der Waals surface area contributed by atoms with Crippen LogP contribution in [0.3, 0.4) is 0 Å². The van der Waals surface area contributed by atoms with Crippen molar-refractivity contribution in [3.8, 4) is 0 Å². The quantitative estimate of drug-likeness (QED) is 0.431. The van der Waals surface area contributed by atoms with Gasteiger partial charge in [0.2, 0.25) is 0 Å². The van der Waals surface area contributed by atoms with E-state index in [9.17, 15) is 23.3 Å². The SMILES string of the molecule is NC1C=CC([N+](=O)[O-])(C(F)(F)F)C=C1Cl. The number of nitrogens with two attached hydrogens (primary N) is 1. The van der Waals surface area contributed by atoms with Gasteiger partial charge in [0.15, 0.2) is 0 Å². The first-order valence-corrected chi connectivity index (χ1v) is 4.13. The van der Waals surface area contributed by atoms with Crippen molar-refractivity contribution >= 4 is 11.6 Å². The molecule has 1 aliphatic rings. The molecule has 2 N–H and O–H groups in total. The zero-order valence-corrected chi connectivity index (χ0v) is 7.92. The van der Waals surface area contributed by atoms with Crippen molar-refractivity contribution in [2.75, 3.05) is 0 Å². The third-order valence-corrected chi connectivity index (χ3v) is 2.35. The second kappa shape index (κ2) is 3.49. The first kappa shape index (κ1) is 12.0. The molecule has 0 aromatic heterocycles. The summed E-state index contributed by atoms with van der Waals surface area (Å²) >= 11 is 5.38. The molecule has 0 bridgehead atoms. The van der Waals surface area contributed by atoms with Crippen LogP contribution in [0.1, 0.15) is 0 Å². The normalized spacial score (nSPS) is 31.3. The summed E-state index contributed by atoms with van der Waals surface area (Å²) in [5.41, 5.74) is 2.00. The van der Waals surface area contributed by atoms with Gasteiger partial charge in [-0.15, -0.1) is 0 Å². The molecule has 84 valence electrons. The molecule has 4 nitrogen and oxygen atoms in total. The van der Waals surface area contributed by atoms with Crippen LogP contribution < -0.4 is 5.73 Å². The molecule has 0 heterocycles. The lowest BCUT2D eigenvalue weighted by atomic mass is 9.92. The predicted molar refractivity (Wildman–Crippen MR) is 46.8 cm³/mol. The number of alkyl halides is 3. The largest absolute Gasteiger partial charge is 0.468 e. The van der Waals surface area contributed by atoms with Gasteiger partial charge in [-0.05, 0) is 0 Å². The maximum atomic E-state index is 12.5. The molecule has 0 spiro atoms. The van der Waals surface area contributed by atoms with Crippen molar-refractivity contribution in [2.24, 2.45) is 5.73 Å². The summed E-state index contributed by atoms with van der Waals surface area (Å²) in [5, 5.41) is 10.1. The fourth-order valence-electron chi connectivity index (χ4n) is 1.09. The molecule has 0 saturated heterocycles. The number of hydrogen-bond acceptors (Lipinski definition) is 3. The highest BCUT2D eigenvalue weighted by atomic mass is 35.5. The highest BCUT2D eigenvalue weighted by Gasteiger charge is 2.64. The molecule has 0 aromatic rings. The van der Waals surface area contributed by atoms with Crippen LogP contribution in [0.25, 0.3) is 0 Å². The van der Waals surface area contributed by atoms with E-state index in [1.807, 2.05) is 0 Å². The average Bonchev–Trinajstić information content (AvgIpc) is 2.07. The fourth-order valence-corrected chi connectivity index (χ4v) is 1.33. The molecule has 2 atom stereocenters. The zero-order valence-electron chi connectivity index (χ0n) is 7.16. The number of rotatable bonds is 1. The Morgan fingerprint density at radius 2 is 2.13 bits per heavy atom. The van der Waals surface area contributed by atoms with E-state index in [4.69, 9.17) is 17.3 Å². The maximum absolute atomic E-state index is 12.5. The van der Waals surface area contributed by atoms with Crippen molar-refractivity contribution < 1.29 is 18.1 Å². The first-order chi connectivity index (χ1) is 6.71. The summed E-state index contributed by atoms with van der Waals surface area (Å²) in [6, 6.07) is -0.929. The van der Waals surface area contributed by atoms with Crippen molar-refractivity contribution in [3.05, 3.63) is 33.4 Å². The third-order valence-electron chi connectivity index (χ3n) is 1.99. The molecule has 0 amide bonds. The molecule has 15 heavy (non-hydrogen) atoms. The Kier molecular flexibility index (Phi) is 2.79. The van der Waals surface area contributed by atoms with Gasteiger partial charge < -0.3 is 5.73 Å². The van der Waals surface area contributed by atoms with E-state index in [0.717, 1.165) is 6.08 Å². The molecule has 2 unspecified atom stereocenters. The fraction of sp³-hybridized carbons (Fsp3) is 0.429. The minimum Gasteiger partial charge on any atom is -0.320 e. The van der Waals surface area contributed by atoms with Gasteiger partial charge in [-0.2, -0.15) is 13.2 Å². The van der Waals surface area contributed by atoms with E-state index < -0.39 is 27.7 Å². The Labute approximate surface area is 87.3 Å². The number of nitrogens with zero attached hydrogens (tertiary/aromatic N) is 1. The summed E-state index contributed by atoms with van der Waals surface area (Å²) in [4.78, 5) is 9.02. The van der Waals surface area contributed by atoms with Crippen LogP contribution in [0, 0.1) is 10.1 Å². The molecular weight excluding hydrogens is 237 g/mol. The van der Waals surface area contributed by atoms with Gasteiger partial charge in [-0.1, -0.05) is 17.7 Å². The van der Waals surface area contributed by atoms with E-state index in [1.54, 1.807) is 0 Å². The van der Waals surface area contributed by atoms with Gasteiger partial charge in [-0.3, -0.25) is 10.1 Å². The lowest BCUT2D eigenvalue weighted by Gasteiger charge is -2.25. The van der Waals surface area contributed by atoms with E-state index in [0.29, 0.717) is 12.2 Å². The van der Waals surface area contributed by atoms with E-state index in [1.165, 1.54) is 0 Å². The smallest absolute Gasteiger partial charge is 0.320 e. The van der Waals surface area contributed by atoms with Gasteiger partial charge in [0, 0.05) is 22.1 Å². The van der Waals surface area contributed by atoms with Crippen LogP contribution in [0.5, 0.6) is 0 Å². The molecule has 0 aliphatic heterocycles. The third kappa shape index (κ3) is 1.84. The zero-order chi connectivity index (χ0) is 11.9. The Balaban J connectivity index is 3.28. The Hall–Kier alpha value is -1.08. The number of hydrogen-bond donors (Lipinski definition) is 1. The molecular formula is C7H6ClF3N2O2. The number of nitro groups is 1. The highest BCUT2D eigenvalue weighted by Crippen LogP contribution is 2.39. The lowest BCUT2D eigenvalue weighted by molar-refractivity contribution is -0.582. The summed E-state index contributed by atoms with van der Waals surface area (Å²) in [7, 11) is 0. The van der Waals surface area contributed by atoms with Crippen LogP contribution in [0.4, 0.5) is 13.2 Å². The lowest BCUT2D eigenvalue weighted by Crippen LogP contribution is -2.50. The molecule has 0 radical (unpaired) electrons. The average molecular weight is 243 g/mol. The Morgan fingerprint density at radius 1 is 1.60 bits per heavy atom. The van der Waals surface area contributed by atoms with E-state index in [2.05, 4.69) is 0 Å². The Morgan fingerprint density at radius 3 is 2.47 bits per heavy atom. The van der Waals surface area contributed by atoms with Gasteiger partial charge in [0.05, 0.1) is 6.04 Å². The van der Waals surface area contributed by atoms with Crippen LogP contribution in [-0.2, 0) is 0 Å². The Bertz CT molecular complexity index is 353. The minimum absolute atomic E-state index is 0.319. The van der Waals surface area contributed by atoms with Crippen LogP contribution >= 0.6 is 11.6 Å². The molecule has 8 heteroatoms. The highest BCUT2D eigenvalue weighted by molar-refractivity contribution is 6.30. The van der Waals surface area contributed by atoms with Gasteiger partial charge in [0.1, 0.15) is 0 Å². The topological polar surface area (TPSA) is 69.2 Å². The van der Waals surface area contributed by atoms with Crippen LogP contribution in [-0.4, -0.2) is 22.7 Å².